The molecule has 0 aliphatic heterocycles. The van der Waals surface area contributed by atoms with E-state index in [9.17, 15) is 17.6 Å². The average molecular weight is 413 g/mol. The van der Waals surface area contributed by atoms with Crippen molar-refractivity contribution in [3.63, 3.8) is 0 Å². The molecule has 1 atom stereocenters. The van der Waals surface area contributed by atoms with Crippen LogP contribution in [0.3, 0.4) is 0 Å². The summed E-state index contributed by atoms with van der Waals surface area (Å²) in [4.78, 5) is 12.7. The first-order chi connectivity index (χ1) is 12.6. The number of hydrogen-bond acceptors (Lipinski definition) is 3. The second kappa shape index (κ2) is 8.71. The molecule has 0 aliphatic rings. The third-order valence-electron chi connectivity index (χ3n) is 4.07. The van der Waals surface area contributed by atoms with E-state index >= 15 is 0 Å². The van der Waals surface area contributed by atoms with Gasteiger partial charge in [-0.3, -0.25) is 9.10 Å². The summed E-state index contributed by atoms with van der Waals surface area (Å²) in [5.74, 6) is -1.10. The Hall–Kier alpha value is -2.12. The quantitative estimate of drug-likeness (QED) is 0.754. The van der Waals surface area contributed by atoms with E-state index in [0.29, 0.717) is 0 Å². The predicted octanol–water partition coefficient (Wildman–Crippen LogP) is 3.65. The molecule has 1 unspecified atom stereocenters. The number of hydrogen-bond donors (Lipinski definition) is 1. The molecule has 0 fully saturated rings. The van der Waals surface area contributed by atoms with E-state index in [1.54, 1.807) is 6.92 Å². The summed E-state index contributed by atoms with van der Waals surface area (Å²) in [5.41, 5.74) is 2.15. The predicted molar refractivity (Wildman–Crippen MR) is 106 cm³/mol. The Balaban J connectivity index is 2.27. The molecule has 0 aromatic heterocycles. The van der Waals surface area contributed by atoms with Crippen molar-refractivity contribution in [2.24, 2.45) is 0 Å². The van der Waals surface area contributed by atoms with Crippen LogP contribution in [0.15, 0.2) is 42.5 Å². The van der Waals surface area contributed by atoms with Crippen LogP contribution in [0.1, 0.15) is 24.5 Å². The first kappa shape index (κ1) is 21.2. The maximum atomic E-state index is 13.5. The lowest BCUT2D eigenvalue weighted by molar-refractivity contribution is -0.122. The molecule has 0 heterocycles. The lowest BCUT2D eigenvalue weighted by Gasteiger charge is -2.30. The third-order valence-corrected chi connectivity index (χ3v) is 5.54. The summed E-state index contributed by atoms with van der Waals surface area (Å²) in [6.07, 6.45) is 1.24. The van der Waals surface area contributed by atoms with Crippen molar-refractivity contribution in [2.75, 3.05) is 10.6 Å². The standard InChI is InChI=1S/C19H22ClFN2O3S/c1-4-18(19(24)22-12-14-7-5-13(2)6-8-14)23(27(3,25)26)15-9-10-17(21)16(20)11-15/h5-11,18H,4,12H2,1-3H3,(H,22,24). The summed E-state index contributed by atoms with van der Waals surface area (Å²) >= 11 is 5.79. The summed E-state index contributed by atoms with van der Waals surface area (Å²) in [5, 5.41) is 2.55. The lowest BCUT2D eigenvalue weighted by atomic mass is 10.1. The van der Waals surface area contributed by atoms with Crippen LogP contribution in [0.4, 0.5) is 10.1 Å². The van der Waals surface area contributed by atoms with Crippen LogP contribution in [-0.2, 0) is 21.4 Å². The van der Waals surface area contributed by atoms with Crippen LogP contribution in [0.25, 0.3) is 0 Å². The molecular formula is C19H22ClFN2O3S. The van der Waals surface area contributed by atoms with E-state index < -0.39 is 27.8 Å². The first-order valence-electron chi connectivity index (χ1n) is 8.41. The molecular weight excluding hydrogens is 391 g/mol. The van der Waals surface area contributed by atoms with Gasteiger partial charge in [-0.1, -0.05) is 48.4 Å². The molecule has 0 saturated heterocycles. The molecule has 0 bridgehead atoms. The van der Waals surface area contributed by atoms with Gasteiger partial charge in [0.15, 0.2) is 0 Å². The highest BCUT2D eigenvalue weighted by molar-refractivity contribution is 7.92. The van der Waals surface area contributed by atoms with Crippen LogP contribution in [0.5, 0.6) is 0 Å². The summed E-state index contributed by atoms with van der Waals surface area (Å²) in [7, 11) is -3.80. The molecule has 2 aromatic rings. The number of aryl methyl sites for hydroxylation is 1. The van der Waals surface area contributed by atoms with Crippen molar-refractivity contribution in [1.82, 2.24) is 5.32 Å². The number of rotatable bonds is 7. The zero-order chi connectivity index (χ0) is 20.2. The van der Waals surface area contributed by atoms with Crippen molar-refractivity contribution in [3.05, 3.63) is 64.4 Å². The minimum Gasteiger partial charge on any atom is -0.350 e. The Morgan fingerprint density at radius 3 is 2.37 bits per heavy atom. The van der Waals surface area contributed by atoms with E-state index in [1.807, 2.05) is 31.2 Å². The van der Waals surface area contributed by atoms with Gasteiger partial charge in [-0.2, -0.15) is 0 Å². The van der Waals surface area contributed by atoms with Crippen molar-refractivity contribution < 1.29 is 17.6 Å². The largest absolute Gasteiger partial charge is 0.350 e. The topological polar surface area (TPSA) is 66.5 Å². The van der Waals surface area contributed by atoms with Crippen molar-refractivity contribution in [3.8, 4) is 0 Å². The van der Waals surface area contributed by atoms with E-state index in [0.717, 1.165) is 27.8 Å². The molecule has 2 aromatic carbocycles. The normalized spacial score (nSPS) is 12.5. The highest BCUT2D eigenvalue weighted by Crippen LogP contribution is 2.27. The smallest absolute Gasteiger partial charge is 0.244 e. The number of halogens is 2. The van der Waals surface area contributed by atoms with Crippen molar-refractivity contribution in [2.45, 2.75) is 32.9 Å². The fourth-order valence-corrected chi connectivity index (χ4v) is 4.07. The molecule has 0 spiro atoms. The SMILES string of the molecule is CCC(C(=O)NCc1ccc(C)cc1)N(c1ccc(F)c(Cl)c1)S(C)(=O)=O. The van der Waals surface area contributed by atoms with Crippen LogP contribution < -0.4 is 9.62 Å². The number of nitrogens with zero attached hydrogens (tertiary/aromatic N) is 1. The maximum absolute atomic E-state index is 13.5. The van der Waals surface area contributed by atoms with E-state index in [4.69, 9.17) is 11.6 Å². The fraction of sp³-hybridized carbons (Fsp3) is 0.316. The minimum atomic E-state index is -3.80. The van der Waals surface area contributed by atoms with Gasteiger partial charge in [0, 0.05) is 6.54 Å². The Kier molecular flexibility index (Phi) is 6.84. The Morgan fingerprint density at radius 2 is 1.85 bits per heavy atom. The average Bonchev–Trinajstić information content (AvgIpc) is 2.60. The van der Waals surface area contributed by atoms with Crippen LogP contribution in [0, 0.1) is 12.7 Å². The Morgan fingerprint density at radius 1 is 1.22 bits per heavy atom. The lowest BCUT2D eigenvalue weighted by Crippen LogP contribution is -2.49. The Labute approximate surface area is 164 Å². The van der Waals surface area contributed by atoms with Gasteiger partial charge in [0.1, 0.15) is 11.9 Å². The molecule has 1 N–H and O–H groups in total. The Bertz CT molecular complexity index is 917. The summed E-state index contributed by atoms with van der Waals surface area (Å²) in [6.45, 7) is 3.95. The minimum absolute atomic E-state index is 0.140. The molecule has 27 heavy (non-hydrogen) atoms. The van der Waals surface area contributed by atoms with Gasteiger partial charge in [0.2, 0.25) is 15.9 Å². The van der Waals surface area contributed by atoms with Crippen LogP contribution in [-0.4, -0.2) is 26.6 Å². The highest BCUT2D eigenvalue weighted by Gasteiger charge is 2.31. The number of anilines is 1. The van der Waals surface area contributed by atoms with Gasteiger partial charge >= 0.3 is 0 Å². The first-order valence-corrected chi connectivity index (χ1v) is 10.6. The zero-order valence-electron chi connectivity index (χ0n) is 15.4. The molecule has 0 aliphatic carbocycles. The number of carbonyl (C=O) groups is 1. The molecule has 2 rings (SSSR count). The van der Waals surface area contributed by atoms with Gasteiger partial charge in [-0.15, -0.1) is 0 Å². The number of nitrogens with one attached hydrogen (secondary N) is 1. The van der Waals surface area contributed by atoms with Gasteiger partial charge in [-0.25, -0.2) is 12.8 Å². The second-order valence-corrected chi connectivity index (χ2v) is 8.55. The molecule has 1 amide bonds. The molecule has 0 radical (unpaired) electrons. The molecule has 8 heteroatoms. The summed E-state index contributed by atoms with van der Waals surface area (Å²) in [6, 6.07) is 10.2. The second-order valence-electron chi connectivity index (χ2n) is 6.28. The van der Waals surface area contributed by atoms with E-state index in [1.165, 1.54) is 12.1 Å². The van der Waals surface area contributed by atoms with Crippen molar-refractivity contribution in [1.29, 1.82) is 0 Å². The zero-order valence-corrected chi connectivity index (χ0v) is 16.9. The van der Waals surface area contributed by atoms with Gasteiger partial charge in [-0.05, 0) is 37.1 Å². The van der Waals surface area contributed by atoms with Crippen LogP contribution in [0.2, 0.25) is 5.02 Å². The molecule has 146 valence electrons. The monoisotopic (exact) mass is 412 g/mol. The fourth-order valence-electron chi connectivity index (χ4n) is 2.70. The summed E-state index contributed by atoms with van der Waals surface area (Å²) < 4.78 is 39.1. The number of sulfonamides is 1. The van der Waals surface area contributed by atoms with E-state index in [-0.39, 0.29) is 23.7 Å². The van der Waals surface area contributed by atoms with Crippen LogP contribution >= 0.6 is 11.6 Å². The number of benzene rings is 2. The van der Waals surface area contributed by atoms with Gasteiger partial charge in [0.05, 0.1) is 17.0 Å². The van der Waals surface area contributed by atoms with Gasteiger partial charge < -0.3 is 5.32 Å². The molecule has 5 nitrogen and oxygen atoms in total. The molecule has 0 saturated carbocycles. The third kappa shape index (κ3) is 5.43. The van der Waals surface area contributed by atoms with E-state index in [2.05, 4.69) is 5.32 Å². The number of amides is 1. The van der Waals surface area contributed by atoms with Gasteiger partial charge in [0.25, 0.3) is 0 Å². The van der Waals surface area contributed by atoms with Crippen molar-refractivity contribution >= 4 is 33.2 Å². The highest BCUT2D eigenvalue weighted by atomic mass is 35.5. The maximum Gasteiger partial charge on any atom is 0.244 e. The number of carbonyl (C=O) groups excluding carboxylic acids is 1.